The Kier molecular flexibility index (Phi) is 5.59. The summed E-state index contributed by atoms with van der Waals surface area (Å²) < 4.78 is 13.7. The number of aryl methyl sites for hydroxylation is 1. The van der Waals surface area contributed by atoms with Crippen molar-refractivity contribution in [1.82, 2.24) is 15.1 Å². The Morgan fingerprint density at radius 2 is 1.94 bits per heavy atom. The molecule has 1 aliphatic carbocycles. The molecule has 1 unspecified atom stereocenters. The minimum atomic E-state index is -0.708. The van der Waals surface area contributed by atoms with Crippen molar-refractivity contribution in [2.75, 3.05) is 6.54 Å². The normalized spacial score (nSPS) is 20.6. The standard InChI is InChI=1S/C24H22Cl2FN3O2/c25-19-9-15(13-1-4-23(31)21(27)11-13)10-20(26)18(19)8-14-5-6-30(24(14)32)17-2-3-22-16(7-17)12-28-29-22/h1,4,9-12,14,17,31H,2-3,5-8H2,(H,28,29)/t14-,17?/m0/s1. The largest absolute Gasteiger partial charge is 0.505 e. The summed E-state index contributed by atoms with van der Waals surface area (Å²) >= 11 is 13.1. The first-order valence-electron chi connectivity index (χ1n) is 10.7. The van der Waals surface area contributed by atoms with Crippen molar-refractivity contribution in [1.29, 1.82) is 0 Å². The van der Waals surface area contributed by atoms with E-state index in [1.165, 1.54) is 23.4 Å². The Hall–Kier alpha value is -2.57. The molecule has 2 atom stereocenters. The number of aromatic hydroxyl groups is 1. The van der Waals surface area contributed by atoms with Gasteiger partial charge in [-0.1, -0.05) is 29.3 Å². The molecule has 1 aliphatic heterocycles. The van der Waals surface area contributed by atoms with Crippen LogP contribution in [0.5, 0.6) is 5.75 Å². The van der Waals surface area contributed by atoms with E-state index in [2.05, 4.69) is 10.2 Å². The first-order valence-corrected chi connectivity index (χ1v) is 11.4. The van der Waals surface area contributed by atoms with Crippen molar-refractivity contribution in [3.8, 4) is 16.9 Å². The number of carbonyl (C=O) groups excluding carboxylic acids is 1. The Bertz CT molecular complexity index is 1170. The van der Waals surface area contributed by atoms with E-state index >= 15 is 0 Å². The van der Waals surface area contributed by atoms with Crippen molar-refractivity contribution in [2.45, 2.75) is 38.1 Å². The summed E-state index contributed by atoms with van der Waals surface area (Å²) in [4.78, 5) is 15.2. The van der Waals surface area contributed by atoms with Crippen LogP contribution in [0.2, 0.25) is 10.0 Å². The predicted molar refractivity (Wildman–Crippen MR) is 121 cm³/mol. The molecule has 0 radical (unpaired) electrons. The molecule has 2 aromatic carbocycles. The molecular formula is C24H22Cl2FN3O2. The van der Waals surface area contributed by atoms with Crippen LogP contribution < -0.4 is 0 Å². The molecule has 8 heteroatoms. The first kappa shape index (κ1) is 21.3. The van der Waals surface area contributed by atoms with E-state index in [4.69, 9.17) is 23.2 Å². The number of fused-ring (bicyclic) bond motifs is 1. The molecule has 5 rings (SSSR count). The van der Waals surface area contributed by atoms with Gasteiger partial charge < -0.3 is 10.0 Å². The molecule has 5 nitrogen and oxygen atoms in total. The number of hydrogen-bond acceptors (Lipinski definition) is 3. The Labute approximate surface area is 195 Å². The van der Waals surface area contributed by atoms with Crippen molar-refractivity contribution in [3.05, 3.63) is 69.2 Å². The topological polar surface area (TPSA) is 69.2 Å². The van der Waals surface area contributed by atoms with E-state index in [1.54, 1.807) is 18.2 Å². The number of aromatic amines is 1. The fourth-order valence-corrected chi connectivity index (χ4v) is 5.52. The van der Waals surface area contributed by atoms with Gasteiger partial charge >= 0.3 is 0 Å². The number of nitrogens with one attached hydrogen (secondary N) is 1. The lowest BCUT2D eigenvalue weighted by molar-refractivity contribution is -0.133. The van der Waals surface area contributed by atoms with Crippen LogP contribution >= 0.6 is 23.2 Å². The second-order valence-corrected chi connectivity index (χ2v) is 9.39. The third kappa shape index (κ3) is 3.86. The number of nitrogens with zero attached hydrogens (tertiary/aromatic N) is 2. The zero-order valence-corrected chi connectivity index (χ0v) is 18.8. The Morgan fingerprint density at radius 3 is 2.69 bits per heavy atom. The Balaban J connectivity index is 1.32. The fraction of sp³-hybridized carbons (Fsp3) is 0.333. The maximum absolute atomic E-state index is 13.7. The number of amides is 1. The lowest BCUT2D eigenvalue weighted by Crippen LogP contribution is -2.41. The number of hydrogen-bond donors (Lipinski definition) is 2. The molecule has 32 heavy (non-hydrogen) atoms. The number of carbonyl (C=O) groups is 1. The van der Waals surface area contributed by atoms with Crippen molar-refractivity contribution in [3.63, 3.8) is 0 Å². The van der Waals surface area contributed by atoms with Gasteiger partial charge in [-0.25, -0.2) is 4.39 Å². The number of benzene rings is 2. The van der Waals surface area contributed by atoms with Gasteiger partial charge in [0.05, 0.1) is 6.20 Å². The smallest absolute Gasteiger partial charge is 0.226 e. The SMILES string of the molecule is O=C1[C@H](Cc2c(Cl)cc(-c3ccc(O)c(F)c3)cc2Cl)CCN1C1CCc2[nH]ncc2C1. The summed E-state index contributed by atoms with van der Waals surface area (Å²) in [5, 5.41) is 17.5. The molecule has 3 aromatic rings. The highest BCUT2D eigenvalue weighted by Gasteiger charge is 2.37. The molecule has 2 aliphatic rings. The van der Waals surface area contributed by atoms with Gasteiger partial charge in [0.1, 0.15) is 0 Å². The van der Waals surface area contributed by atoms with Gasteiger partial charge in [0.15, 0.2) is 11.6 Å². The summed E-state index contributed by atoms with van der Waals surface area (Å²) in [6.07, 6.45) is 5.79. The highest BCUT2D eigenvalue weighted by Crippen LogP contribution is 2.37. The van der Waals surface area contributed by atoms with Crippen molar-refractivity contribution >= 4 is 29.1 Å². The van der Waals surface area contributed by atoms with Gasteiger partial charge in [0.2, 0.25) is 5.91 Å². The average molecular weight is 474 g/mol. The van der Waals surface area contributed by atoms with Gasteiger partial charge in [0, 0.05) is 34.2 Å². The maximum Gasteiger partial charge on any atom is 0.226 e. The van der Waals surface area contributed by atoms with Crippen molar-refractivity contribution < 1.29 is 14.3 Å². The number of likely N-dealkylation sites (tertiary alicyclic amines) is 1. The van der Waals surface area contributed by atoms with Crippen LogP contribution in [0.15, 0.2) is 36.5 Å². The van der Waals surface area contributed by atoms with Crippen LogP contribution in [0.25, 0.3) is 11.1 Å². The van der Waals surface area contributed by atoms with Crippen LogP contribution in [-0.2, 0) is 24.1 Å². The summed E-state index contributed by atoms with van der Waals surface area (Å²) in [7, 11) is 0. The van der Waals surface area contributed by atoms with Crippen LogP contribution in [0.1, 0.15) is 29.7 Å². The molecule has 166 valence electrons. The molecule has 0 saturated carbocycles. The summed E-state index contributed by atoms with van der Waals surface area (Å²) in [5.74, 6) is -1.12. The lowest BCUT2D eigenvalue weighted by Gasteiger charge is -2.31. The minimum Gasteiger partial charge on any atom is -0.505 e. The molecule has 2 N–H and O–H groups in total. The number of aromatic nitrogens is 2. The van der Waals surface area contributed by atoms with E-state index in [0.29, 0.717) is 27.6 Å². The van der Waals surface area contributed by atoms with Gasteiger partial charge in [-0.3, -0.25) is 9.89 Å². The second kappa shape index (κ2) is 8.41. The molecule has 1 fully saturated rings. The Morgan fingerprint density at radius 1 is 1.16 bits per heavy atom. The van der Waals surface area contributed by atoms with Gasteiger partial charge in [0.25, 0.3) is 0 Å². The fourth-order valence-electron chi connectivity index (χ4n) is 4.88. The van der Waals surface area contributed by atoms with Crippen LogP contribution in [0, 0.1) is 11.7 Å². The van der Waals surface area contributed by atoms with Gasteiger partial charge in [-0.15, -0.1) is 0 Å². The summed E-state index contributed by atoms with van der Waals surface area (Å²) in [6.45, 7) is 0.738. The van der Waals surface area contributed by atoms with Crippen molar-refractivity contribution in [2.24, 2.45) is 5.92 Å². The molecular weight excluding hydrogens is 452 g/mol. The molecule has 0 spiro atoms. The molecule has 2 heterocycles. The first-order chi connectivity index (χ1) is 15.4. The predicted octanol–water partition coefficient (Wildman–Crippen LogP) is 5.18. The minimum absolute atomic E-state index is 0.152. The van der Waals surface area contributed by atoms with Gasteiger partial charge in [-0.05, 0) is 78.6 Å². The number of H-pyrrole nitrogens is 1. The zero-order valence-electron chi connectivity index (χ0n) is 17.2. The van der Waals surface area contributed by atoms with E-state index < -0.39 is 11.6 Å². The molecule has 1 amide bonds. The van der Waals surface area contributed by atoms with E-state index in [9.17, 15) is 14.3 Å². The van der Waals surface area contributed by atoms with Gasteiger partial charge in [-0.2, -0.15) is 5.10 Å². The van der Waals surface area contributed by atoms with Crippen LogP contribution in [-0.4, -0.2) is 38.7 Å². The summed E-state index contributed by atoms with van der Waals surface area (Å²) in [6, 6.07) is 7.80. The average Bonchev–Trinajstić information content (AvgIpc) is 3.38. The van der Waals surface area contributed by atoms with E-state index in [0.717, 1.165) is 37.8 Å². The number of phenolic OH excluding ortho intramolecular Hbond substituents is 1. The number of phenols is 1. The second-order valence-electron chi connectivity index (χ2n) is 8.58. The lowest BCUT2D eigenvalue weighted by atomic mass is 9.92. The third-order valence-electron chi connectivity index (χ3n) is 6.65. The number of halogens is 3. The molecule has 1 saturated heterocycles. The van der Waals surface area contributed by atoms with Crippen LogP contribution in [0.4, 0.5) is 4.39 Å². The summed E-state index contributed by atoms with van der Waals surface area (Å²) in [5.41, 5.74) is 4.33. The third-order valence-corrected chi connectivity index (χ3v) is 7.33. The molecule has 1 aromatic heterocycles. The number of rotatable bonds is 4. The molecule has 0 bridgehead atoms. The van der Waals surface area contributed by atoms with Crippen LogP contribution in [0.3, 0.4) is 0 Å². The zero-order chi connectivity index (χ0) is 22.4. The highest BCUT2D eigenvalue weighted by molar-refractivity contribution is 6.36. The van der Waals surface area contributed by atoms with E-state index in [1.807, 2.05) is 11.1 Å². The quantitative estimate of drug-likeness (QED) is 0.548. The monoisotopic (exact) mass is 473 g/mol. The van der Waals surface area contributed by atoms with E-state index in [-0.39, 0.29) is 17.9 Å². The highest BCUT2D eigenvalue weighted by atomic mass is 35.5. The maximum atomic E-state index is 13.7.